The first kappa shape index (κ1) is 14.5. The smallest absolute Gasteiger partial charge is 0.260 e. The maximum Gasteiger partial charge on any atom is 0.536 e. The van der Waals surface area contributed by atoms with Crippen LogP contribution in [-0.2, 0) is 14.4 Å². The molecule has 0 aromatic heterocycles. The third kappa shape index (κ3) is 3.46. The molecule has 0 bridgehead atoms. The standard InChI is InChI=1S/C9H9F3N2O3S/c10-9(11,12)18(15,16)17-14-8(6-13)7-4-2-1-3-5-7/h4H,1-3,5H2. The van der Waals surface area contributed by atoms with E-state index in [0.717, 1.165) is 12.8 Å². The average molecular weight is 282 g/mol. The van der Waals surface area contributed by atoms with Gasteiger partial charge in [0, 0.05) is 0 Å². The Morgan fingerprint density at radius 3 is 2.56 bits per heavy atom. The Bertz CT molecular complexity index is 514. The van der Waals surface area contributed by atoms with Crippen LogP contribution in [0, 0.1) is 11.3 Å². The molecule has 9 heteroatoms. The number of nitrogens with zero attached hydrogens (tertiary/aromatic N) is 2. The van der Waals surface area contributed by atoms with Gasteiger partial charge in [-0.15, -0.1) is 0 Å². The van der Waals surface area contributed by atoms with Crippen LogP contribution in [0.25, 0.3) is 0 Å². The molecule has 0 aromatic carbocycles. The minimum absolute atomic E-state index is 0.404. The van der Waals surface area contributed by atoms with Gasteiger partial charge in [0.25, 0.3) is 0 Å². The number of rotatable bonds is 3. The first-order chi connectivity index (χ1) is 8.28. The number of allylic oxidation sites excluding steroid dienone is 2. The minimum atomic E-state index is -5.81. The molecule has 0 radical (unpaired) electrons. The van der Waals surface area contributed by atoms with Crippen molar-refractivity contribution in [2.75, 3.05) is 0 Å². The summed E-state index contributed by atoms with van der Waals surface area (Å²) in [7, 11) is -5.81. The number of nitriles is 1. The predicted molar refractivity (Wildman–Crippen MR) is 55.7 cm³/mol. The van der Waals surface area contributed by atoms with Gasteiger partial charge in [-0.3, -0.25) is 4.28 Å². The molecule has 1 rings (SSSR count). The molecule has 0 aromatic rings. The van der Waals surface area contributed by atoms with Crippen LogP contribution in [0.15, 0.2) is 16.8 Å². The number of hydrogen-bond donors (Lipinski definition) is 0. The zero-order valence-corrected chi connectivity index (χ0v) is 9.88. The van der Waals surface area contributed by atoms with E-state index in [2.05, 4.69) is 9.44 Å². The largest absolute Gasteiger partial charge is 0.536 e. The third-order valence-electron chi connectivity index (χ3n) is 2.21. The van der Waals surface area contributed by atoms with Crippen molar-refractivity contribution in [3.8, 4) is 6.07 Å². The summed E-state index contributed by atoms with van der Waals surface area (Å²) in [6.45, 7) is 0. The van der Waals surface area contributed by atoms with Crippen molar-refractivity contribution in [3.63, 3.8) is 0 Å². The fraction of sp³-hybridized carbons (Fsp3) is 0.556. The highest BCUT2D eigenvalue weighted by Gasteiger charge is 2.49. The summed E-state index contributed by atoms with van der Waals surface area (Å²) in [5.74, 6) is 0. The summed E-state index contributed by atoms with van der Waals surface area (Å²) in [6, 6.07) is 1.52. The monoisotopic (exact) mass is 282 g/mol. The summed E-state index contributed by atoms with van der Waals surface area (Å²) >= 11 is 0. The van der Waals surface area contributed by atoms with Gasteiger partial charge in [-0.05, 0) is 31.3 Å². The Labute approximate surface area is 102 Å². The van der Waals surface area contributed by atoms with E-state index < -0.39 is 21.3 Å². The van der Waals surface area contributed by atoms with Crippen molar-refractivity contribution in [1.29, 1.82) is 5.26 Å². The highest BCUT2D eigenvalue weighted by molar-refractivity contribution is 7.87. The molecule has 0 saturated heterocycles. The Morgan fingerprint density at radius 2 is 2.11 bits per heavy atom. The van der Waals surface area contributed by atoms with Crippen LogP contribution in [0.2, 0.25) is 0 Å². The molecule has 0 amide bonds. The van der Waals surface area contributed by atoms with E-state index >= 15 is 0 Å². The number of halogens is 3. The van der Waals surface area contributed by atoms with Gasteiger partial charge in [0.05, 0.1) is 0 Å². The molecule has 0 spiro atoms. The van der Waals surface area contributed by atoms with Gasteiger partial charge in [-0.2, -0.15) is 26.9 Å². The zero-order chi connectivity index (χ0) is 13.8. The van der Waals surface area contributed by atoms with E-state index in [0.29, 0.717) is 18.4 Å². The average Bonchev–Trinajstić information content (AvgIpc) is 2.29. The lowest BCUT2D eigenvalue weighted by molar-refractivity contribution is -0.0540. The summed E-state index contributed by atoms with van der Waals surface area (Å²) < 4.78 is 60.5. The quantitative estimate of drug-likeness (QED) is 0.451. The minimum Gasteiger partial charge on any atom is -0.260 e. The van der Waals surface area contributed by atoms with E-state index in [4.69, 9.17) is 5.26 Å². The first-order valence-corrected chi connectivity index (χ1v) is 6.36. The van der Waals surface area contributed by atoms with Crippen LogP contribution in [0.4, 0.5) is 13.2 Å². The van der Waals surface area contributed by atoms with Crippen LogP contribution in [0.5, 0.6) is 0 Å². The van der Waals surface area contributed by atoms with Gasteiger partial charge in [0.15, 0.2) is 5.71 Å². The maximum absolute atomic E-state index is 12.0. The Morgan fingerprint density at radius 1 is 1.44 bits per heavy atom. The van der Waals surface area contributed by atoms with Gasteiger partial charge < -0.3 is 0 Å². The van der Waals surface area contributed by atoms with Gasteiger partial charge in [0.2, 0.25) is 0 Å². The highest BCUT2D eigenvalue weighted by atomic mass is 32.2. The van der Waals surface area contributed by atoms with Crippen LogP contribution in [-0.4, -0.2) is 19.6 Å². The molecule has 0 aliphatic heterocycles. The van der Waals surface area contributed by atoms with Crippen LogP contribution in [0.1, 0.15) is 25.7 Å². The van der Waals surface area contributed by atoms with E-state index in [-0.39, 0.29) is 0 Å². The highest BCUT2D eigenvalue weighted by Crippen LogP contribution is 2.25. The second-order valence-corrected chi connectivity index (χ2v) is 5.02. The Kier molecular flexibility index (Phi) is 4.34. The van der Waals surface area contributed by atoms with Crippen molar-refractivity contribution >= 4 is 15.8 Å². The molecule has 18 heavy (non-hydrogen) atoms. The zero-order valence-electron chi connectivity index (χ0n) is 9.07. The second-order valence-electron chi connectivity index (χ2n) is 3.50. The molecule has 0 heterocycles. The van der Waals surface area contributed by atoms with E-state index in [1.54, 1.807) is 6.08 Å². The van der Waals surface area contributed by atoms with Crippen molar-refractivity contribution in [2.24, 2.45) is 5.16 Å². The van der Waals surface area contributed by atoms with Gasteiger partial charge >= 0.3 is 15.6 Å². The molecule has 1 aliphatic rings. The Balaban J connectivity index is 2.89. The summed E-state index contributed by atoms with van der Waals surface area (Å²) in [4.78, 5) is 0. The first-order valence-electron chi connectivity index (χ1n) is 4.95. The molecule has 5 nitrogen and oxygen atoms in total. The number of alkyl halides is 3. The predicted octanol–water partition coefficient (Wildman–Crippen LogP) is 2.23. The Hall–Kier alpha value is -1.56. The lowest BCUT2D eigenvalue weighted by Crippen LogP contribution is -2.24. The molecule has 0 atom stereocenters. The number of hydrogen-bond acceptors (Lipinski definition) is 5. The van der Waals surface area contributed by atoms with E-state index in [9.17, 15) is 21.6 Å². The van der Waals surface area contributed by atoms with Crippen LogP contribution >= 0.6 is 0 Å². The molecule has 0 unspecified atom stereocenters. The van der Waals surface area contributed by atoms with Gasteiger partial charge in [0.1, 0.15) is 6.07 Å². The van der Waals surface area contributed by atoms with Crippen LogP contribution < -0.4 is 0 Å². The lowest BCUT2D eigenvalue weighted by atomic mass is 9.97. The summed E-state index contributed by atoms with van der Waals surface area (Å²) in [6.07, 6.45) is 4.43. The van der Waals surface area contributed by atoms with E-state index in [1.807, 2.05) is 0 Å². The molecule has 0 N–H and O–H groups in total. The van der Waals surface area contributed by atoms with Gasteiger partial charge in [-0.1, -0.05) is 11.2 Å². The van der Waals surface area contributed by atoms with Crippen LogP contribution in [0.3, 0.4) is 0 Å². The van der Waals surface area contributed by atoms with E-state index in [1.165, 1.54) is 6.07 Å². The molecular weight excluding hydrogens is 273 g/mol. The fourth-order valence-corrected chi connectivity index (χ4v) is 1.59. The lowest BCUT2D eigenvalue weighted by Gasteiger charge is -2.10. The van der Waals surface area contributed by atoms with Crippen molar-refractivity contribution in [2.45, 2.75) is 31.2 Å². The normalized spacial score (nSPS) is 17.9. The maximum atomic E-state index is 12.0. The van der Waals surface area contributed by atoms with Crippen molar-refractivity contribution in [3.05, 3.63) is 11.6 Å². The topological polar surface area (TPSA) is 79.5 Å². The molecular formula is C9H9F3N2O3S. The fourth-order valence-electron chi connectivity index (χ4n) is 1.33. The molecule has 1 aliphatic carbocycles. The molecule has 0 saturated carbocycles. The van der Waals surface area contributed by atoms with Crippen molar-refractivity contribution < 1.29 is 25.9 Å². The van der Waals surface area contributed by atoms with Gasteiger partial charge in [-0.25, -0.2) is 0 Å². The third-order valence-corrected chi connectivity index (χ3v) is 3.05. The summed E-state index contributed by atoms with van der Waals surface area (Å²) in [5, 5.41) is 11.5. The SMILES string of the molecule is N#CC(=NOS(=O)(=O)C(F)(F)F)C1=CCCCC1. The van der Waals surface area contributed by atoms with Crippen molar-refractivity contribution in [1.82, 2.24) is 0 Å². The second kappa shape index (κ2) is 5.39. The number of oxime groups is 1. The molecule has 0 fully saturated rings. The summed E-state index contributed by atoms with van der Waals surface area (Å²) in [5.41, 5.74) is -5.60. The molecule has 100 valence electrons.